The van der Waals surface area contributed by atoms with Gasteiger partial charge in [-0.3, -0.25) is 9.59 Å². The second-order valence-corrected chi connectivity index (χ2v) is 15.1. The van der Waals surface area contributed by atoms with Gasteiger partial charge in [0, 0.05) is 18.9 Å². The molecule has 0 bridgehead atoms. The Balaban J connectivity index is 1.11. The maximum Gasteiger partial charge on any atom is 0.306 e. The van der Waals surface area contributed by atoms with Crippen LogP contribution in [0.3, 0.4) is 0 Å². The third kappa shape index (κ3) is 5.90. The fraction of sp³-hybridized carbons (Fsp3) is 0.737. The Kier molecular flexibility index (Phi) is 9.23. The van der Waals surface area contributed by atoms with Gasteiger partial charge < -0.3 is 14.2 Å². The summed E-state index contributed by atoms with van der Waals surface area (Å²) < 4.78 is 18.0. The molecule has 5 fully saturated rings. The zero-order chi connectivity index (χ0) is 30.2. The molecule has 5 nitrogen and oxygen atoms in total. The van der Waals surface area contributed by atoms with Gasteiger partial charge in [0.1, 0.15) is 6.61 Å². The predicted molar refractivity (Wildman–Crippen MR) is 168 cm³/mol. The molecule has 0 spiro atoms. The van der Waals surface area contributed by atoms with Gasteiger partial charge in [0.2, 0.25) is 0 Å². The van der Waals surface area contributed by atoms with E-state index in [1.807, 2.05) is 30.3 Å². The fourth-order valence-corrected chi connectivity index (χ4v) is 10.7. The summed E-state index contributed by atoms with van der Waals surface area (Å²) in [5.41, 5.74) is 2.43. The molecule has 5 heteroatoms. The zero-order valence-electron chi connectivity index (χ0n) is 27.0. The number of fused-ring (bicyclic) bond motifs is 5. The molecule has 1 aromatic carbocycles. The van der Waals surface area contributed by atoms with E-state index in [2.05, 4.69) is 33.8 Å². The molecule has 0 radical (unpaired) electrons. The van der Waals surface area contributed by atoms with E-state index in [9.17, 15) is 9.59 Å². The Morgan fingerprint density at radius 2 is 1.79 bits per heavy atom. The Morgan fingerprint density at radius 3 is 2.53 bits per heavy atom. The van der Waals surface area contributed by atoms with Crippen molar-refractivity contribution in [2.75, 3.05) is 6.61 Å². The molecule has 4 aliphatic carbocycles. The summed E-state index contributed by atoms with van der Waals surface area (Å²) in [4.78, 5) is 27.1. The van der Waals surface area contributed by atoms with Gasteiger partial charge in [-0.1, -0.05) is 57.2 Å². The van der Waals surface area contributed by atoms with Gasteiger partial charge in [-0.2, -0.15) is 0 Å². The summed E-state index contributed by atoms with van der Waals surface area (Å²) in [7, 11) is 0. The van der Waals surface area contributed by atoms with Crippen LogP contribution in [0, 0.1) is 46.3 Å². The Labute approximate surface area is 259 Å². The van der Waals surface area contributed by atoms with Crippen molar-refractivity contribution < 1.29 is 23.8 Å². The van der Waals surface area contributed by atoms with Crippen LogP contribution in [-0.2, 0) is 30.4 Å². The molecule has 43 heavy (non-hydrogen) atoms. The first-order chi connectivity index (χ1) is 20.7. The first-order valence-corrected chi connectivity index (χ1v) is 17.4. The molecule has 1 aromatic rings. The lowest BCUT2D eigenvalue weighted by Crippen LogP contribution is -2.58. The first-order valence-electron chi connectivity index (χ1n) is 17.4. The van der Waals surface area contributed by atoms with E-state index in [0.717, 1.165) is 69.1 Å². The normalized spacial score (nSPS) is 40.8. The van der Waals surface area contributed by atoms with Crippen LogP contribution < -0.4 is 0 Å². The van der Waals surface area contributed by atoms with Gasteiger partial charge in [0.15, 0.2) is 12.1 Å². The van der Waals surface area contributed by atoms with Gasteiger partial charge in [0.05, 0.1) is 6.10 Å². The summed E-state index contributed by atoms with van der Waals surface area (Å²) in [5, 5.41) is 0. The molecule has 6 rings (SSSR count). The van der Waals surface area contributed by atoms with E-state index < -0.39 is 0 Å². The molecule has 0 amide bonds. The smallest absolute Gasteiger partial charge is 0.306 e. The number of rotatable bonds is 8. The van der Waals surface area contributed by atoms with Crippen LogP contribution in [0.4, 0.5) is 0 Å². The lowest BCUT2D eigenvalue weighted by molar-refractivity contribution is -0.207. The standard InChI is InChI=1S/C38H54O5/c1-5-28-32-23-27(43-34-13-9-10-22-41-34)18-20-38(32,4)31-19-21-37(3)29(15-16-30(37)35(31)36(28)40)25(2)14-17-33(39)42-24-26-11-7-6-8-12-26/h5-8,11-12,25,27,29-32,34-35H,9-10,13-24H2,1-4H3/b28-5+/t25-,27-,29?,30?,31?,32+,34?,35?,37-,38-/m1/s1. The number of carbonyl (C=O) groups is 2. The van der Waals surface area contributed by atoms with Gasteiger partial charge in [0.25, 0.3) is 0 Å². The molecule has 1 saturated heterocycles. The number of allylic oxidation sites excluding steroid dienone is 2. The van der Waals surface area contributed by atoms with Crippen molar-refractivity contribution in [2.45, 2.75) is 124 Å². The molecule has 1 heterocycles. The van der Waals surface area contributed by atoms with Crippen molar-refractivity contribution in [3.8, 4) is 0 Å². The van der Waals surface area contributed by atoms with Crippen LogP contribution in [0.2, 0.25) is 0 Å². The molecule has 0 N–H and O–H groups in total. The minimum absolute atomic E-state index is 0.0669. The van der Waals surface area contributed by atoms with E-state index in [1.54, 1.807) is 0 Å². The highest BCUT2D eigenvalue weighted by Crippen LogP contribution is 2.68. The number of esters is 1. The van der Waals surface area contributed by atoms with Crippen molar-refractivity contribution in [1.29, 1.82) is 0 Å². The maximum absolute atomic E-state index is 14.5. The SMILES string of the molecule is C/C=C1/C(=O)C2C3CCC([C@H](C)CCC(=O)OCc4ccccc4)[C@@]3(C)CCC2[C@@]2(C)CC[C@@H](OC3CCCCO3)C[C@@H]12. The fourth-order valence-electron chi connectivity index (χ4n) is 10.7. The van der Waals surface area contributed by atoms with Crippen LogP contribution in [0.1, 0.15) is 110 Å². The molecule has 10 atom stereocenters. The lowest BCUT2D eigenvalue weighted by Gasteiger charge is -2.61. The lowest BCUT2D eigenvalue weighted by atomic mass is 9.43. The summed E-state index contributed by atoms with van der Waals surface area (Å²) in [6.07, 6.45) is 14.7. The van der Waals surface area contributed by atoms with Crippen LogP contribution in [0.25, 0.3) is 0 Å². The maximum atomic E-state index is 14.5. The van der Waals surface area contributed by atoms with Crippen LogP contribution in [-0.4, -0.2) is 30.8 Å². The van der Waals surface area contributed by atoms with Gasteiger partial charge in [-0.15, -0.1) is 0 Å². The number of hydrogen-bond donors (Lipinski definition) is 0. The second-order valence-electron chi connectivity index (χ2n) is 15.1. The van der Waals surface area contributed by atoms with Crippen molar-refractivity contribution in [3.05, 3.63) is 47.5 Å². The Morgan fingerprint density at radius 1 is 1.02 bits per heavy atom. The molecular formula is C38H54O5. The summed E-state index contributed by atoms with van der Waals surface area (Å²) in [6.45, 7) is 10.6. The number of benzene rings is 1. The van der Waals surface area contributed by atoms with E-state index >= 15 is 0 Å². The van der Waals surface area contributed by atoms with E-state index in [-0.39, 0.29) is 41.0 Å². The number of carbonyl (C=O) groups excluding carboxylic acids is 2. The molecule has 0 aromatic heterocycles. The highest BCUT2D eigenvalue weighted by Gasteiger charge is 2.64. The van der Waals surface area contributed by atoms with Crippen LogP contribution in [0.5, 0.6) is 0 Å². The molecular weight excluding hydrogens is 536 g/mol. The number of Topliss-reactive ketones (excluding diaryl/α,β-unsaturated/α-hetero) is 1. The quantitative estimate of drug-likeness (QED) is 0.173. The summed E-state index contributed by atoms with van der Waals surface area (Å²) >= 11 is 0. The largest absolute Gasteiger partial charge is 0.461 e. The average molecular weight is 591 g/mol. The Bertz CT molecular complexity index is 1170. The Hall–Kier alpha value is -1.98. The highest BCUT2D eigenvalue weighted by molar-refractivity contribution is 5.99. The minimum atomic E-state index is -0.104. The minimum Gasteiger partial charge on any atom is -0.461 e. The summed E-state index contributed by atoms with van der Waals surface area (Å²) in [5.74, 6) is 2.65. The molecule has 236 valence electrons. The highest BCUT2D eigenvalue weighted by atomic mass is 16.7. The third-order valence-electron chi connectivity index (χ3n) is 13.0. The second kappa shape index (κ2) is 12.8. The van der Waals surface area contributed by atoms with Crippen molar-refractivity contribution in [3.63, 3.8) is 0 Å². The molecule has 5 unspecified atom stereocenters. The summed E-state index contributed by atoms with van der Waals surface area (Å²) in [6, 6.07) is 9.91. The van der Waals surface area contributed by atoms with Gasteiger partial charge >= 0.3 is 5.97 Å². The van der Waals surface area contributed by atoms with E-state index in [0.29, 0.717) is 42.5 Å². The first kappa shape index (κ1) is 31.0. The van der Waals surface area contributed by atoms with Crippen molar-refractivity contribution in [2.24, 2.45) is 46.3 Å². The van der Waals surface area contributed by atoms with E-state index in [4.69, 9.17) is 14.2 Å². The number of ether oxygens (including phenoxy) is 3. The molecule has 4 saturated carbocycles. The van der Waals surface area contributed by atoms with Crippen LogP contribution >= 0.6 is 0 Å². The monoisotopic (exact) mass is 590 g/mol. The average Bonchev–Trinajstić information content (AvgIpc) is 3.38. The van der Waals surface area contributed by atoms with Crippen molar-refractivity contribution >= 4 is 11.8 Å². The van der Waals surface area contributed by atoms with Gasteiger partial charge in [-0.25, -0.2) is 0 Å². The van der Waals surface area contributed by atoms with E-state index in [1.165, 1.54) is 19.3 Å². The topological polar surface area (TPSA) is 61.8 Å². The number of hydrogen-bond acceptors (Lipinski definition) is 5. The number of ketones is 1. The predicted octanol–water partition coefficient (Wildman–Crippen LogP) is 8.45. The third-order valence-corrected chi connectivity index (χ3v) is 13.0. The van der Waals surface area contributed by atoms with Crippen molar-refractivity contribution in [1.82, 2.24) is 0 Å². The van der Waals surface area contributed by atoms with Crippen LogP contribution in [0.15, 0.2) is 42.0 Å². The molecule has 5 aliphatic rings. The van der Waals surface area contributed by atoms with Gasteiger partial charge in [-0.05, 0) is 129 Å². The zero-order valence-corrected chi connectivity index (χ0v) is 27.0. The molecule has 1 aliphatic heterocycles.